The molecule has 7 heteroatoms. The molecule has 6 nitrogen and oxygen atoms in total. The van der Waals surface area contributed by atoms with Crippen molar-refractivity contribution in [3.05, 3.63) is 52.5 Å². The van der Waals surface area contributed by atoms with Gasteiger partial charge in [0, 0.05) is 30.9 Å². The molecule has 0 amide bonds. The molecule has 0 aromatic carbocycles. The minimum atomic E-state index is -0.723. The first-order valence-electron chi connectivity index (χ1n) is 9.83. The van der Waals surface area contributed by atoms with Gasteiger partial charge in [0.1, 0.15) is 5.82 Å². The van der Waals surface area contributed by atoms with Crippen LogP contribution in [0.5, 0.6) is 0 Å². The smallest absolute Gasteiger partial charge is 0.171 e. The van der Waals surface area contributed by atoms with Crippen molar-refractivity contribution in [2.75, 3.05) is 5.32 Å². The van der Waals surface area contributed by atoms with Crippen LogP contribution in [-0.4, -0.2) is 30.3 Å². The fourth-order valence-corrected chi connectivity index (χ4v) is 4.64. The number of hydrogen-bond acceptors (Lipinski definition) is 5. The highest BCUT2D eigenvalue weighted by atomic mass is 79.9. The van der Waals surface area contributed by atoms with Gasteiger partial charge in [0.15, 0.2) is 5.65 Å². The van der Waals surface area contributed by atoms with E-state index in [9.17, 15) is 5.11 Å². The molecule has 0 spiro atoms. The van der Waals surface area contributed by atoms with Gasteiger partial charge in [0.25, 0.3) is 0 Å². The van der Waals surface area contributed by atoms with E-state index in [1.807, 2.05) is 36.7 Å². The maximum atomic E-state index is 10.7. The normalized spacial score (nSPS) is 20.4. The number of anilines is 1. The minimum absolute atomic E-state index is 0.198. The SMILES string of the molecule is CC(C)(O)[C@H]1CCCC[C@H]1c1cc(NCc2cccnc2)n2ncc(Br)c2n1. The lowest BCUT2D eigenvalue weighted by Crippen LogP contribution is -2.37. The van der Waals surface area contributed by atoms with Crippen molar-refractivity contribution in [1.29, 1.82) is 0 Å². The Morgan fingerprint density at radius 2 is 2.11 bits per heavy atom. The van der Waals surface area contributed by atoms with E-state index in [-0.39, 0.29) is 11.8 Å². The van der Waals surface area contributed by atoms with E-state index in [4.69, 9.17) is 4.98 Å². The maximum absolute atomic E-state index is 10.7. The highest BCUT2D eigenvalue weighted by Gasteiger charge is 2.37. The molecule has 0 unspecified atom stereocenters. The Kier molecular flexibility index (Phi) is 5.38. The van der Waals surface area contributed by atoms with Gasteiger partial charge < -0.3 is 10.4 Å². The molecule has 2 atom stereocenters. The van der Waals surface area contributed by atoms with E-state index in [0.717, 1.165) is 46.5 Å². The zero-order chi connectivity index (χ0) is 19.7. The Hall–Kier alpha value is -1.99. The van der Waals surface area contributed by atoms with Gasteiger partial charge in [0.2, 0.25) is 0 Å². The Bertz CT molecular complexity index is 951. The van der Waals surface area contributed by atoms with Crippen molar-refractivity contribution in [2.45, 2.75) is 57.6 Å². The second kappa shape index (κ2) is 7.79. The summed E-state index contributed by atoms with van der Waals surface area (Å²) in [6, 6.07) is 6.08. The first-order chi connectivity index (χ1) is 13.4. The van der Waals surface area contributed by atoms with Gasteiger partial charge in [0.05, 0.1) is 22.0 Å². The third kappa shape index (κ3) is 3.91. The van der Waals surface area contributed by atoms with Crippen LogP contribution >= 0.6 is 15.9 Å². The van der Waals surface area contributed by atoms with Crippen LogP contribution in [0.1, 0.15) is 56.7 Å². The van der Waals surface area contributed by atoms with E-state index in [1.54, 1.807) is 12.4 Å². The monoisotopic (exact) mass is 443 g/mol. The summed E-state index contributed by atoms with van der Waals surface area (Å²) in [5.41, 5.74) is 2.20. The van der Waals surface area contributed by atoms with Crippen molar-refractivity contribution in [1.82, 2.24) is 19.6 Å². The summed E-state index contributed by atoms with van der Waals surface area (Å²) in [5.74, 6) is 1.33. The highest BCUT2D eigenvalue weighted by molar-refractivity contribution is 9.10. The fourth-order valence-electron chi connectivity index (χ4n) is 4.30. The Balaban J connectivity index is 1.71. The van der Waals surface area contributed by atoms with Crippen LogP contribution in [0.15, 0.2) is 41.3 Å². The van der Waals surface area contributed by atoms with Crippen LogP contribution in [-0.2, 0) is 6.54 Å². The van der Waals surface area contributed by atoms with Crippen molar-refractivity contribution >= 4 is 27.4 Å². The molecule has 148 valence electrons. The van der Waals surface area contributed by atoms with Gasteiger partial charge in [-0.2, -0.15) is 9.61 Å². The lowest BCUT2D eigenvalue weighted by Gasteiger charge is -2.39. The Morgan fingerprint density at radius 1 is 1.29 bits per heavy atom. The van der Waals surface area contributed by atoms with Crippen molar-refractivity contribution < 1.29 is 5.11 Å². The average molecular weight is 444 g/mol. The summed E-state index contributed by atoms with van der Waals surface area (Å²) in [4.78, 5) is 9.11. The number of hydrogen-bond donors (Lipinski definition) is 2. The molecule has 1 saturated carbocycles. The van der Waals surface area contributed by atoms with Crippen molar-refractivity contribution in [3.8, 4) is 0 Å². The minimum Gasteiger partial charge on any atom is -0.390 e. The predicted molar refractivity (Wildman–Crippen MR) is 113 cm³/mol. The van der Waals surface area contributed by atoms with Gasteiger partial charge in [-0.1, -0.05) is 18.9 Å². The van der Waals surface area contributed by atoms with E-state index in [1.165, 1.54) is 6.42 Å². The van der Waals surface area contributed by atoms with Gasteiger partial charge in [-0.05, 0) is 60.2 Å². The first kappa shape index (κ1) is 19.3. The van der Waals surface area contributed by atoms with Crippen LogP contribution in [0.25, 0.3) is 5.65 Å². The molecule has 0 saturated heterocycles. The summed E-state index contributed by atoms with van der Waals surface area (Å²) in [7, 11) is 0. The molecular weight excluding hydrogens is 418 g/mol. The quantitative estimate of drug-likeness (QED) is 0.604. The van der Waals surface area contributed by atoms with Crippen molar-refractivity contribution in [2.24, 2.45) is 5.92 Å². The standard InChI is InChI=1S/C21H26BrN5O/c1-21(2,28)16-8-4-3-7-15(16)18-10-19(24-12-14-6-5-9-23-11-14)27-20(26-18)17(22)13-25-27/h5-6,9-11,13,15-16,24,28H,3-4,7-8,12H2,1-2H3/t15-,16+/m1/s1. The van der Waals surface area contributed by atoms with Gasteiger partial charge in [-0.15, -0.1) is 0 Å². The molecule has 3 aromatic rings. The number of aromatic nitrogens is 4. The van der Waals surface area contributed by atoms with Crippen LogP contribution in [0.2, 0.25) is 0 Å². The largest absolute Gasteiger partial charge is 0.390 e. The lowest BCUT2D eigenvalue weighted by atomic mass is 9.70. The number of pyridine rings is 1. The summed E-state index contributed by atoms with van der Waals surface area (Å²) >= 11 is 3.58. The number of halogens is 1. The predicted octanol–water partition coefficient (Wildman–Crippen LogP) is 4.54. The van der Waals surface area contributed by atoms with Crippen molar-refractivity contribution in [3.63, 3.8) is 0 Å². The molecule has 1 aliphatic carbocycles. The van der Waals surface area contributed by atoms with Crippen LogP contribution in [0.4, 0.5) is 5.82 Å². The van der Waals surface area contributed by atoms with Gasteiger partial charge in [-0.3, -0.25) is 4.98 Å². The lowest BCUT2D eigenvalue weighted by molar-refractivity contribution is -0.0105. The topological polar surface area (TPSA) is 75.3 Å². The molecular formula is C21H26BrN5O. The second-order valence-corrected chi connectivity index (χ2v) is 9.01. The Morgan fingerprint density at radius 3 is 2.86 bits per heavy atom. The number of fused-ring (bicyclic) bond motifs is 1. The van der Waals surface area contributed by atoms with Crippen LogP contribution in [0.3, 0.4) is 0 Å². The molecule has 2 N–H and O–H groups in total. The van der Waals surface area contributed by atoms with E-state index >= 15 is 0 Å². The van der Waals surface area contributed by atoms with E-state index in [2.05, 4.69) is 37.4 Å². The molecule has 0 bridgehead atoms. The number of rotatable bonds is 5. The summed E-state index contributed by atoms with van der Waals surface area (Å²) in [6.45, 7) is 4.50. The average Bonchev–Trinajstić information content (AvgIpc) is 3.07. The second-order valence-electron chi connectivity index (χ2n) is 8.16. The van der Waals surface area contributed by atoms with Crippen LogP contribution < -0.4 is 5.32 Å². The highest BCUT2D eigenvalue weighted by Crippen LogP contribution is 2.43. The van der Waals surface area contributed by atoms with Gasteiger partial charge >= 0.3 is 0 Å². The molecule has 3 aromatic heterocycles. The summed E-state index contributed by atoms with van der Waals surface area (Å²) in [5, 5.41) is 18.7. The molecule has 1 fully saturated rings. The Labute approximate surface area is 173 Å². The summed E-state index contributed by atoms with van der Waals surface area (Å²) < 4.78 is 2.70. The molecule has 1 aliphatic rings. The fraction of sp³-hybridized carbons (Fsp3) is 0.476. The third-order valence-electron chi connectivity index (χ3n) is 5.70. The maximum Gasteiger partial charge on any atom is 0.171 e. The molecule has 4 rings (SSSR count). The number of nitrogens with zero attached hydrogens (tertiary/aromatic N) is 4. The molecule has 28 heavy (non-hydrogen) atoms. The van der Waals surface area contributed by atoms with E-state index in [0.29, 0.717) is 6.54 Å². The molecule has 0 aliphatic heterocycles. The molecule has 3 heterocycles. The zero-order valence-corrected chi connectivity index (χ0v) is 17.9. The third-order valence-corrected chi connectivity index (χ3v) is 6.26. The van der Waals surface area contributed by atoms with E-state index < -0.39 is 5.60 Å². The number of aliphatic hydroxyl groups is 1. The molecule has 0 radical (unpaired) electrons. The summed E-state index contributed by atoms with van der Waals surface area (Å²) in [6.07, 6.45) is 9.81. The van der Waals surface area contributed by atoms with Gasteiger partial charge in [-0.25, -0.2) is 4.98 Å². The number of nitrogens with one attached hydrogen (secondary N) is 1. The van der Waals surface area contributed by atoms with Crippen LogP contribution in [0, 0.1) is 5.92 Å². The zero-order valence-electron chi connectivity index (χ0n) is 16.3. The first-order valence-corrected chi connectivity index (χ1v) is 10.6.